The number of nitrogen functional groups attached to an aromatic ring is 1. The minimum absolute atomic E-state index is 0.0729. The molecule has 1 aliphatic heterocycles. The second kappa shape index (κ2) is 23.3. The number of aromatic nitrogens is 2. The minimum atomic E-state index is -0.0729. The number of allylic oxidation sites excluding steroid dienone is 1. The van der Waals surface area contributed by atoms with Crippen LogP contribution in [-0.4, -0.2) is 67.0 Å². The van der Waals surface area contributed by atoms with Crippen molar-refractivity contribution in [1.29, 1.82) is 0 Å². The molecule has 3 aromatic rings. The highest BCUT2D eigenvalue weighted by molar-refractivity contribution is 7.17. The molecule has 0 radical (unpaired) electrons. The van der Waals surface area contributed by atoms with E-state index in [-0.39, 0.29) is 11.9 Å². The first-order valence-electron chi connectivity index (χ1n) is 13.2. The fraction of sp³-hybridized carbons (Fsp3) is 0.355. The first-order valence-corrected chi connectivity index (χ1v) is 14.0. The molecule has 0 atom stereocenters. The third-order valence-corrected chi connectivity index (χ3v) is 6.45. The summed E-state index contributed by atoms with van der Waals surface area (Å²) >= 11 is 1.29. The monoisotopic (exact) mass is 595 g/mol. The minimum Gasteiger partial charge on any atom is -0.391 e. The van der Waals surface area contributed by atoms with Crippen LogP contribution in [0.4, 0.5) is 5.00 Å². The molecule has 3 heterocycles. The van der Waals surface area contributed by atoms with Gasteiger partial charge in [-0.2, -0.15) is 5.10 Å². The number of carbonyl (C=O) groups excluding carboxylic acids is 2. The zero-order chi connectivity index (χ0) is 31.8. The average molecular weight is 596 g/mol. The van der Waals surface area contributed by atoms with Crippen molar-refractivity contribution in [2.24, 2.45) is 4.99 Å². The summed E-state index contributed by atoms with van der Waals surface area (Å²) in [5, 5.41) is 13.0. The third-order valence-electron chi connectivity index (χ3n) is 5.54. The van der Waals surface area contributed by atoms with E-state index in [9.17, 15) is 9.59 Å². The van der Waals surface area contributed by atoms with Gasteiger partial charge in [-0.25, -0.2) is 0 Å². The molecule has 1 fully saturated rings. The van der Waals surface area contributed by atoms with Crippen LogP contribution in [0.2, 0.25) is 0 Å². The zero-order valence-corrected chi connectivity index (χ0v) is 26.1. The molecule has 0 saturated carbocycles. The summed E-state index contributed by atoms with van der Waals surface area (Å²) in [6.07, 6.45) is 13.9. The molecule has 0 aliphatic carbocycles. The molecule has 0 bridgehead atoms. The van der Waals surface area contributed by atoms with Crippen molar-refractivity contribution in [2.75, 3.05) is 33.0 Å². The Morgan fingerprint density at radius 2 is 1.88 bits per heavy atom. The van der Waals surface area contributed by atoms with Crippen LogP contribution in [0.3, 0.4) is 0 Å². The van der Waals surface area contributed by atoms with Gasteiger partial charge in [0.15, 0.2) is 0 Å². The van der Waals surface area contributed by atoms with Crippen molar-refractivity contribution in [3.8, 4) is 12.8 Å². The van der Waals surface area contributed by atoms with Gasteiger partial charge in [-0.15, -0.1) is 24.2 Å². The number of hydrogen-bond donors (Lipinski definition) is 4. The number of terminal acetylenes is 1. The van der Waals surface area contributed by atoms with Crippen LogP contribution in [0, 0.1) is 26.7 Å². The van der Waals surface area contributed by atoms with Gasteiger partial charge in [-0.05, 0) is 56.9 Å². The Morgan fingerprint density at radius 1 is 1.24 bits per heavy atom. The van der Waals surface area contributed by atoms with Crippen LogP contribution in [-0.2, 0) is 16.1 Å². The number of benzene rings is 1. The molecule has 1 aromatic carbocycles. The van der Waals surface area contributed by atoms with Gasteiger partial charge in [0.05, 0.1) is 29.0 Å². The predicted molar refractivity (Wildman–Crippen MR) is 174 cm³/mol. The normalized spacial score (nSPS) is 12.0. The topological polar surface area (TPSA) is 138 Å². The molecule has 10 nitrogen and oxygen atoms in total. The van der Waals surface area contributed by atoms with E-state index in [1.807, 2.05) is 57.3 Å². The molecular formula is C31H45N7O3S. The first kappa shape index (κ1) is 37.6. The van der Waals surface area contributed by atoms with E-state index in [1.54, 1.807) is 37.5 Å². The molecule has 1 aliphatic rings. The lowest BCUT2D eigenvalue weighted by Crippen LogP contribution is -2.44. The first-order chi connectivity index (χ1) is 20.2. The van der Waals surface area contributed by atoms with Crippen molar-refractivity contribution in [3.05, 3.63) is 82.6 Å². The number of aryl methyl sites for hydroxylation is 2. The Kier molecular flexibility index (Phi) is 20.9. The molecule has 2 aromatic heterocycles. The number of nitrogens with one attached hydrogen (secondary N) is 3. The summed E-state index contributed by atoms with van der Waals surface area (Å²) in [6.45, 7) is 11.6. The van der Waals surface area contributed by atoms with Gasteiger partial charge in [-0.3, -0.25) is 19.7 Å². The van der Waals surface area contributed by atoms with Crippen molar-refractivity contribution >= 4 is 35.0 Å². The number of amides is 2. The van der Waals surface area contributed by atoms with Crippen LogP contribution in [0.5, 0.6) is 0 Å². The maximum absolute atomic E-state index is 11.8. The number of aromatic amines is 1. The molecule has 228 valence electrons. The predicted octanol–water partition coefficient (Wildman–Crippen LogP) is 4.56. The van der Waals surface area contributed by atoms with Gasteiger partial charge >= 0.3 is 0 Å². The maximum atomic E-state index is 11.8. The van der Waals surface area contributed by atoms with Crippen LogP contribution >= 0.6 is 11.3 Å². The Bertz CT molecular complexity index is 1180. The fourth-order valence-corrected chi connectivity index (χ4v) is 3.88. The van der Waals surface area contributed by atoms with Crippen molar-refractivity contribution in [1.82, 2.24) is 25.7 Å². The van der Waals surface area contributed by atoms with E-state index >= 15 is 0 Å². The Balaban J connectivity index is 0.000000570. The number of hydrogen-bond acceptors (Lipinski definition) is 7. The van der Waals surface area contributed by atoms with E-state index in [1.165, 1.54) is 22.5 Å². The summed E-state index contributed by atoms with van der Waals surface area (Å²) in [5.41, 5.74) is 10.1. The van der Waals surface area contributed by atoms with Gasteiger partial charge in [0, 0.05) is 44.7 Å². The number of aliphatic imine (C=N–C) groups is 1. The SMILES string of the molecule is C#C.C=C(C)NC=NC.COCc1ccccc1.Cc1cn[nH]c1C.Nc1ccc(C(=O)NC2CCN(C=O)CC2)s1. The highest BCUT2D eigenvalue weighted by Crippen LogP contribution is 2.19. The largest absolute Gasteiger partial charge is 0.391 e. The quantitative estimate of drug-likeness (QED) is 0.137. The van der Waals surface area contributed by atoms with Crippen molar-refractivity contribution in [2.45, 2.75) is 46.3 Å². The van der Waals surface area contributed by atoms with E-state index in [4.69, 9.17) is 10.5 Å². The molecule has 42 heavy (non-hydrogen) atoms. The second-order valence-corrected chi connectivity index (χ2v) is 10.1. The Labute approximate surface area is 254 Å². The Morgan fingerprint density at radius 3 is 2.26 bits per heavy atom. The fourth-order valence-electron chi connectivity index (χ4n) is 3.21. The average Bonchev–Trinajstić information content (AvgIpc) is 3.62. The number of anilines is 1. The number of carbonyl (C=O) groups is 2. The third kappa shape index (κ3) is 17.3. The van der Waals surface area contributed by atoms with E-state index in [2.05, 4.69) is 45.2 Å². The lowest BCUT2D eigenvalue weighted by molar-refractivity contribution is -0.119. The summed E-state index contributed by atoms with van der Waals surface area (Å²) in [7, 11) is 3.41. The van der Waals surface area contributed by atoms with Crippen molar-refractivity contribution in [3.63, 3.8) is 0 Å². The number of rotatable bonds is 7. The molecule has 1 saturated heterocycles. The second-order valence-electron chi connectivity index (χ2n) is 9.00. The number of nitrogens with zero attached hydrogens (tertiary/aromatic N) is 3. The molecule has 11 heteroatoms. The molecule has 0 spiro atoms. The van der Waals surface area contributed by atoms with Crippen LogP contribution in [0.25, 0.3) is 0 Å². The van der Waals surface area contributed by atoms with Gasteiger partial charge < -0.3 is 26.0 Å². The van der Waals surface area contributed by atoms with E-state index in [0.717, 1.165) is 30.6 Å². The van der Waals surface area contributed by atoms with Gasteiger partial charge in [0.25, 0.3) is 5.91 Å². The van der Waals surface area contributed by atoms with Gasteiger partial charge in [-0.1, -0.05) is 36.9 Å². The van der Waals surface area contributed by atoms with Crippen LogP contribution in [0.1, 0.15) is 46.3 Å². The van der Waals surface area contributed by atoms with Crippen LogP contribution in [0.15, 0.2) is 65.9 Å². The van der Waals surface area contributed by atoms with E-state index in [0.29, 0.717) is 29.6 Å². The number of H-pyrrole nitrogens is 1. The van der Waals surface area contributed by atoms with Gasteiger partial charge in [0.2, 0.25) is 6.41 Å². The van der Waals surface area contributed by atoms with Crippen molar-refractivity contribution < 1.29 is 14.3 Å². The maximum Gasteiger partial charge on any atom is 0.261 e. The number of piperidine rings is 1. The van der Waals surface area contributed by atoms with Crippen LogP contribution < -0.4 is 16.4 Å². The summed E-state index contributed by atoms with van der Waals surface area (Å²) < 4.78 is 4.93. The molecular weight excluding hydrogens is 550 g/mol. The molecule has 2 amide bonds. The summed E-state index contributed by atoms with van der Waals surface area (Å²) in [4.78, 5) is 28.4. The number of ether oxygens (including phenoxy) is 1. The summed E-state index contributed by atoms with van der Waals surface area (Å²) in [6, 6.07) is 13.7. The summed E-state index contributed by atoms with van der Waals surface area (Å²) in [5.74, 6) is -0.0729. The lowest BCUT2D eigenvalue weighted by atomic mass is 10.1. The molecule has 4 rings (SSSR count). The smallest absolute Gasteiger partial charge is 0.261 e. The lowest BCUT2D eigenvalue weighted by Gasteiger charge is -2.29. The number of thiophene rings is 1. The number of nitrogens with two attached hydrogens (primary N) is 1. The molecule has 0 unspecified atom stereocenters. The highest BCUT2D eigenvalue weighted by Gasteiger charge is 2.20. The zero-order valence-electron chi connectivity index (χ0n) is 25.3. The Hall–Kier alpha value is -4.40. The number of likely N-dealkylation sites (tertiary alicyclic amines) is 1. The standard InChI is InChI=1S/C11H15N3O2S.C8H10O.C5H8N2.C5H10N2.C2H2/c12-10-2-1-9(17-10)11(16)13-8-3-5-14(7-15)6-4-8;1-9-7-8-5-3-2-4-6-8;1-4-3-6-7-5(4)2;1-5(2)7-4-6-3;1-2/h1-2,7-8H,3-6,12H2,(H,13,16);2-6H,7H2,1H3;3H,1-2H3,(H,6,7);4H,1H2,2-3H3,(H,6,7);1-2H. The van der Waals surface area contributed by atoms with Gasteiger partial charge in [0.1, 0.15) is 0 Å². The molecule has 5 N–H and O–H groups in total. The number of methoxy groups -OCH3 is 1. The highest BCUT2D eigenvalue weighted by atomic mass is 32.1. The van der Waals surface area contributed by atoms with E-state index < -0.39 is 0 Å².